The average Bonchev–Trinajstić information content (AvgIpc) is 2.52. The number of carbonyl (C=O) groups excluding carboxylic acids is 2. The molecule has 7 heteroatoms. The first-order valence-electron chi connectivity index (χ1n) is 7.28. The van der Waals surface area contributed by atoms with Crippen LogP contribution in [0.2, 0.25) is 5.02 Å². The van der Waals surface area contributed by atoms with Gasteiger partial charge in [-0.05, 0) is 37.0 Å². The van der Waals surface area contributed by atoms with Crippen molar-refractivity contribution in [2.24, 2.45) is 5.92 Å². The van der Waals surface area contributed by atoms with Crippen molar-refractivity contribution >= 4 is 29.2 Å². The fraction of sp³-hybridized carbons (Fsp3) is 0.467. The molecule has 0 bridgehead atoms. The molecule has 0 radical (unpaired) electrons. The van der Waals surface area contributed by atoms with Gasteiger partial charge in [-0.3, -0.25) is 4.79 Å². The van der Waals surface area contributed by atoms with Crippen LogP contribution in [0.4, 0.5) is 10.5 Å². The third kappa shape index (κ3) is 5.91. The van der Waals surface area contributed by atoms with Crippen LogP contribution in [0.5, 0.6) is 0 Å². The van der Waals surface area contributed by atoms with Gasteiger partial charge in [-0.25, -0.2) is 4.79 Å². The van der Waals surface area contributed by atoms with Gasteiger partial charge in [-0.15, -0.1) is 0 Å². The van der Waals surface area contributed by atoms with Gasteiger partial charge in [0.2, 0.25) is 5.91 Å². The Labute approximate surface area is 134 Å². The smallest absolute Gasteiger partial charge is 0.319 e. The van der Waals surface area contributed by atoms with E-state index in [1.165, 1.54) is 0 Å². The summed E-state index contributed by atoms with van der Waals surface area (Å²) in [5, 5.41) is 8.44. The lowest BCUT2D eigenvalue weighted by atomic mass is 10.0. The molecule has 1 atom stereocenters. The Balaban J connectivity index is 1.64. The van der Waals surface area contributed by atoms with Gasteiger partial charge in [-0.1, -0.05) is 17.7 Å². The number of halogens is 1. The van der Waals surface area contributed by atoms with E-state index in [0.29, 0.717) is 29.8 Å². The van der Waals surface area contributed by atoms with Gasteiger partial charge in [0.15, 0.2) is 0 Å². The maximum atomic E-state index is 11.7. The Morgan fingerprint density at radius 2 is 2.18 bits per heavy atom. The second kappa shape index (κ2) is 8.60. The number of rotatable bonds is 5. The zero-order valence-electron chi connectivity index (χ0n) is 12.2. The van der Waals surface area contributed by atoms with E-state index in [4.69, 9.17) is 16.3 Å². The quantitative estimate of drug-likeness (QED) is 0.774. The third-order valence-electron chi connectivity index (χ3n) is 3.33. The molecule has 22 heavy (non-hydrogen) atoms. The molecule has 3 N–H and O–H groups in total. The van der Waals surface area contributed by atoms with Crippen molar-refractivity contribution in [2.75, 3.05) is 31.6 Å². The highest BCUT2D eigenvalue weighted by Crippen LogP contribution is 2.14. The molecule has 1 saturated heterocycles. The molecular formula is C15H20ClN3O3. The normalized spacial score (nSPS) is 17.6. The van der Waals surface area contributed by atoms with E-state index in [2.05, 4.69) is 16.0 Å². The summed E-state index contributed by atoms with van der Waals surface area (Å²) in [6.07, 6.45) is 2.09. The number of amides is 3. The highest BCUT2D eigenvalue weighted by molar-refractivity contribution is 6.30. The van der Waals surface area contributed by atoms with Crippen LogP contribution in [0.15, 0.2) is 24.3 Å². The Morgan fingerprint density at radius 3 is 2.91 bits per heavy atom. The Kier molecular flexibility index (Phi) is 6.48. The zero-order chi connectivity index (χ0) is 15.8. The summed E-state index contributed by atoms with van der Waals surface area (Å²) in [5.41, 5.74) is 0.574. The first-order valence-corrected chi connectivity index (χ1v) is 7.66. The average molecular weight is 326 g/mol. The first-order chi connectivity index (χ1) is 10.6. The van der Waals surface area contributed by atoms with Gasteiger partial charge in [0, 0.05) is 23.9 Å². The molecule has 1 aromatic carbocycles. The van der Waals surface area contributed by atoms with E-state index in [1.54, 1.807) is 24.3 Å². The number of nitrogens with one attached hydrogen (secondary N) is 3. The molecule has 0 unspecified atom stereocenters. The molecule has 1 fully saturated rings. The van der Waals surface area contributed by atoms with E-state index in [-0.39, 0.29) is 12.5 Å². The molecule has 1 heterocycles. The largest absolute Gasteiger partial charge is 0.381 e. The van der Waals surface area contributed by atoms with Crippen LogP contribution in [0.1, 0.15) is 12.8 Å². The van der Waals surface area contributed by atoms with Crippen LogP contribution >= 0.6 is 11.6 Å². The van der Waals surface area contributed by atoms with Gasteiger partial charge in [0.25, 0.3) is 0 Å². The van der Waals surface area contributed by atoms with Gasteiger partial charge in [0.1, 0.15) is 0 Å². The Bertz CT molecular complexity index is 519. The molecule has 0 spiro atoms. The minimum atomic E-state index is -0.446. The van der Waals surface area contributed by atoms with Crippen molar-refractivity contribution in [3.8, 4) is 0 Å². The molecule has 0 saturated carbocycles. The summed E-state index contributed by atoms with van der Waals surface area (Å²) in [6, 6.07) is 6.35. The fourth-order valence-corrected chi connectivity index (χ4v) is 2.38. The summed E-state index contributed by atoms with van der Waals surface area (Å²) >= 11 is 5.82. The molecule has 0 aromatic heterocycles. The standard InChI is InChI=1S/C15H20ClN3O3/c16-12-4-1-5-13(7-12)19-15(21)18-9-14(20)17-8-11-3-2-6-22-10-11/h1,4-5,7,11H,2-3,6,8-10H2,(H,17,20)(H2,18,19,21)/t11-/m0/s1. The summed E-state index contributed by atoms with van der Waals surface area (Å²) in [5.74, 6) is 0.143. The molecule has 2 rings (SSSR count). The monoisotopic (exact) mass is 325 g/mol. The van der Waals surface area contributed by atoms with Crippen molar-refractivity contribution < 1.29 is 14.3 Å². The van der Waals surface area contributed by atoms with Crippen molar-refractivity contribution in [2.45, 2.75) is 12.8 Å². The molecule has 6 nitrogen and oxygen atoms in total. The molecule has 3 amide bonds. The van der Waals surface area contributed by atoms with E-state index >= 15 is 0 Å². The number of urea groups is 1. The van der Waals surface area contributed by atoms with Crippen LogP contribution in [0, 0.1) is 5.92 Å². The maximum absolute atomic E-state index is 11.7. The van der Waals surface area contributed by atoms with Crippen molar-refractivity contribution in [1.82, 2.24) is 10.6 Å². The van der Waals surface area contributed by atoms with Gasteiger partial charge in [0.05, 0.1) is 13.2 Å². The number of hydrogen-bond acceptors (Lipinski definition) is 3. The van der Waals surface area contributed by atoms with Gasteiger partial charge < -0.3 is 20.7 Å². The van der Waals surface area contributed by atoms with Gasteiger partial charge >= 0.3 is 6.03 Å². The zero-order valence-corrected chi connectivity index (χ0v) is 13.0. The number of benzene rings is 1. The number of carbonyl (C=O) groups is 2. The van der Waals surface area contributed by atoms with E-state index in [0.717, 1.165) is 19.4 Å². The molecule has 1 aromatic rings. The van der Waals surface area contributed by atoms with Crippen LogP contribution < -0.4 is 16.0 Å². The summed E-state index contributed by atoms with van der Waals surface area (Å²) in [6.45, 7) is 2.00. The highest BCUT2D eigenvalue weighted by Gasteiger charge is 2.14. The molecule has 1 aliphatic rings. The van der Waals surface area contributed by atoms with Crippen molar-refractivity contribution in [1.29, 1.82) is 0 Å². The second-order valence-electron chi connectivity index (χ2n) is 5.21. The van der Waals surface area contributed by atoms with E-state index in [9.17, 15) is 9.59 Å². The van der Waals surface area contributed by atoms with Crippen LogP contribution in [-0.2, 0) is 9.53 Å². The van der Waals surface area contributed by atoms with E-state index in [1.807, 2.05) is 0 Å². The second-order valence-corrected chi connectivity index (χ2v) is 5.64. The predicted octanol–water partition coefficient (Wildman–Crippen LogP) is 2.00. The first kappa shape index (κ1) is 16.6. The number of hydrogen-bond donors (Lipinski definition) is 3. The fourth-order valence-electron chi connectivity index (χ4n) is 2.19. The Hall–Kier alpha value is -1.79. The molecular weight excluding hydrogens is 306 g/mol. The van der Waals surface area contributed by atoms with Crippen LogP contribution in [-0.4, -0.2) is 38.2 Å². The lowest BCUT2D eigenvalue weighted by molar-refractivity contribution is -0.120. The third-order valence-corrected chi connectivity index (χ3v) is 3.57. The highest BCUT2D eigenvalue weighted by atomic mass is 35.5. The predicted molar refractivity (Wildman–Crippen MR) is 85.0 cm³/mol. The van der Waals surface area contributed by atoms with E-state index < -0.39 is 6.03 Å². The topological polar surface area (TPSA) is 79.5 Å². The minimum absolute atomic E-state index is 0.0695. The van der Waals surface area contributed by atoms with Crippen molar-refractivity contribution in [3.05, 3.63) is 29.3 Å². The molecule has 0 aliphatic carbocycles. The Morgan fingerprint density at radius 1 is 1.32 bits per heavy atom. The van der Waals surface area contributed by atoms with Crippen molar-refractivity contribution in [3.63, 3.8) is 0 Å². The number of anilines is 1. The summed E-state index contributed by atoms with van der Waals surface area (Å²) in [4.78, 5) is 23.3. The molecule has 1 aliphatic heterocycles. The molecule has 120 valence electrons. The number of ether oxygens (including phenoxy) is 1. The van der Waals surface area contributed by atoms with Crippen LogP contribution in [0.3, 0.4) is 0 Å². The lowest BCUT2D eigenvalue weighted by Crippen LogP contribution is -2.41. The summed E-state index contributed by atoms with van der Waals surface area (Å²) < 4.78 is 5.35. The minimum Gasteiger partial charge on any atom is -0.381 e. The maximum Gasteiger partial charge on any atom is 0.319 e. The van der Waals surface area contributed by atoms with Crippen LogP contribution in [0.25, 0.3) is 0 Å². The van der Waals surface area contributed by atoms with Gasteiger partial charge in [-0.2, -0.15) is 0 Å². The SMILES string of the molecule is O=C(CNC(=O)Nc1cccc(Cl)c1)NC[C@@H]1CCCOC1. The lowest BCUT2D eigenvalue weighted by Gasteiger charge is -2.22. The summed E-state index contributed by atoms with van der Waals surface area (Å²) in [7, 11) is 0.